The molecule has 15 heavy (non-hydrogen) atoms. The molecule has 0 saturated carbocycles. The molecule has 1 aromatic rings. The molecular formula is C10H11ClCrO3. The minimum Gasteiger partial charge on any atom is -0.545 e. The summed E-state index contributed by atoms with van der Waals surface area (Å²) in [6, 6.07) is 9.44. The van der Waals surface area contributed by atoms with Gasteiger partial charge in [0.1, 0.15) is 0 Å². The summed E-state index contributed by atoms with van der Waals surface area (Å²) in [6.45, 7) is 9.75. The second kappa shape index (κ2) is 38.1. The summed E-state index contributed by atoms with van der Waals surface area (Å²) in [5.41, 5.74) is 0. The van der Waals surface area contributed by atoms with E-state index in [9.17, 15) is 0 Å². The van der Waals surface area contributed by atoms with Gasteiger partial charge in [-0.15, -0.1) is 0 Å². The van der Waals surface area contributed by atoms with Gasteiger partial charge in [0, 0.05) is 5.02 Å². The van der Waals surface area contributed by atoms with Crippen LogP contribution in [-0.4, -0.2) is 20.4 Å². The predicted octanol–water partition coefficient (Wildman–Crippen LogP) is 1.97. The third kappa shape index (κ3) is 32.1. The van der Waals surface area contributed by atoms with Crippen LogP contribution in [-0.2, 0) is 31.7 Å². The Kier molecular flexibility index (Phi) is 74.2. The molecule has 0 aliphatic rings. The smallest absolute Gasteiger partial charge is 0.545 e. The fraction of sp³-hybridized carbons (Fsp3) is 0. The van der Waals surface area contributed by atoms with E-state index < -0.39 is 0 Å². The molecule has 0 amide bonds. The summed E-state index contributed by atoms with van der Waals surface area (Å²) in [7, 11) is 0. The molecule has 0 saturated heterocycles. The molecule has 0 N–H and O–H groups in total. The van der Waals surface area contributed by atoms with Crippen LogP contribution >= 0.6 is 11.6 Å². The zero-order valence-corrected chi connectivity index (χ0v) is 10.2. The zero-order valence-electron chi connectivity index (χ0n) is 8.13. The number of hydrogen-bond donors (Lipinski definition) is 0. The van der Waals surface area contributed by atoms with Gasteiger partial charge in [-0.25, -0.2) is 0 Å². The Morgan fingerprint density at radius 1 is 0.800 bits per heavy atom. The summed E-state index contributed by atoms with van der Waals surface area (Å²) in [5.74, 6) is 0. The Morgan fingerprint density at radius 2 is 1.07 bits per heavy atom. The van der Waals surface area contributed by atoms with Crippen molar-refractivity contribution in [2.45, 2.75) is 0 Å². The van der Waals surface area contributed by atoms with E-state index >= 15 is 0 Å². The molecule has 0 aliphatic heterocycles. The third-order valence-corrected chi connectivity index (χ3v) is 0.985. The SMILES string of the molecule is Clc1ccccc1.[CH-]=O.[CH-]=O.[CH-]=O.[CH3-].[Cr+4]. The number of carbonyl (C=O) groups excluding carboxylic acids is 3. The Bertz CT molecular complexity index is 181. The van der Waals surface area contributed by atoms with Crippen LogP contribution in [0, 0.1) is 7.43 Å². The van der Waals surface area contributed by atoms with Gasteiger partial charge in [-0.1, -0.05) is 29.8 Å². The van der Waals surface area contributed by atoms with Crippen LogP contribution in [0.1, 0.15) is 0 Å². The number of rotatable bonds is 0. The van der Waals surface area contributed by atoms with Crippen LogP contribution < -0.4 is 0 Å². The van der Waals surface area contributed by atoms with E-state index in [0.29, 0.717) is 0 Å². The van der Waals surface area contributed by atoms with Gasteiger partial charge < -0.3 is 21.8 Å². The second-order valence-electron chi connectivity index (χ2n) is 1.30. The first-order chi connectivity index (χ1) is 6.39. The summed E-state index contributed by atoms with van der Waals surface area (Å²) in [6.07, 6.45) is 0. The van der Waals surface area contributed by atoms with Crippen molar-refractivity contribution in [2.75, 3.05) is 0 Å². The second-order valence-corrected chi connectivity index (χ2v) is 1.73. The molecule has 82 valence electrons. The van der Waals surface area contributed by atoms with E-state index in [1.165, 1.54) is 0 Å². The van der Waals surface area contributed by atoms with Crippen LogP contribution in [0.2, 0.25) is 5.02 Å². The van der Waals surface area contributed by atoms with E-state index in [1.54, 1.807) is 0 Å². The monoisotopic (exact) mass is 266 g/mol. The Morgan fingerprint density at radius 3 is 1.20 bits per heavy atom. The van der Waals surface area contributed by atoms with Crippen molar-refractivity contribution in [2.24, 2.45) is 0 Å². The van der Waals surface area contributed by atoms with Crippen LogP contribution in [0.25, 0.3) is 0 Å². The largest absolute Gasteiger partial charge is 4.00 e. The maximum absolute atomic E-state index is 7.75. The summed E-state index contributed by atoms with van der Waals surface area (Å²) in [4.78, 5) is 23.2. The molecule has 0 radical (unpaired) electrons. The van der Waals surface area contributed by atoms with E-state index in [0.717, 1.165) is 5.02 Å². The number of halogens is 1. The van der Waals surface area contributed by atoms with Gasteiger partial charge in [-0.05, 0) is 12.1 Å². The standard InChI is InChI=1S/C6H5Cl.3CHO.CH3.Cr/c7-6-4-2-1-3-5-6;3*1-2;;/h1-5H;3*1H;1H3;/q;4*-1;+4. The van der Waals surface area contributed by atoms with Crippen molar-refractivity contribution < 1.29 is 31.7 Å². The van der Waals surface area contributed by atoms with Crippen molar-refractivity contribution in [3.8, 4) is 0 Å². The topological polar surface area (TPSA) is 51.2 Å². The fourth-order valence-electron chi connectivity index (χ4n) is 0.415. The van der Waals surface area contributed by atoms with Crippen molar-refractivity contribution >= 4 is 32.0 Å². The Hall–Kier alpha value is -0.948. The Labute approximate surface area is 107 Å². The molecule has 0 unspecified atom stereocenters. The van der Waals surface area contributed by atoms with Crippen molar-refractivity contribution in [3.05, 3.63) is 42.8 Å². The first kappa shape index (κ1) is 29.2. The predicted molar refractivity (Wildman–Crippen MR) is 58.1 cm³/mol. The Balaban J connectivity index is -0.0000000369. The number of benzene rings is 1. The molecule has 0 aliphatic carbocycles. The van der Waals surface area contributed by atoms with Gasteiger partial charge in [0.25, 0.3) is 0 Å². The van der Waals surface area contributed by atoms with E-state index in [-0.39, 0.29) is 24.8 Å². The maximum atomic E-state index is 7.75. The van der Waals surface area contributed by atoms with E-state index in [4.69, 9.17) is 26.0 Å². The van der Waals surface area contributed by atoms with Crippen LogP contribution in [0.15, 0.2) is 30.3 Å². The van der Waals surface area contributed by atoms with Gasteiger partial charge in [0.05, 0.1) is 0 Å². The first-order valence-corrected chi connectivity index (χ1v) is 3.18. The maximum Gasteiger partial charge on any atom is 4.00 e. The van der Waals surface area contributed by atoms with Crippen molar-refractivity contribution in [1.82, 2.24) is 0 Å². The quantitative estimate of drug-likeness (QED) is 0.533. The van der Waals surface area contributed by atoms with Gasteiger partial charge in [-0.2, -0.15) is 0 Å². The minimum atomic E-state index is 0. The molecule has 0 atom stereocenters. The minimum absolute atomic E-state index is 0. The average molecular weight is 267 g/mol. The third-order valence-electron chi connectivity index (χ3n) is 0.733. The van der Waals surface area contributed by atoms with Crippen molar-refractivity contribution in [3.63, 3.8) is 0 Å². The zero-order chi connectivity index (χ0) is 11.1. The normalized spacial score (nSPS) is 4.87. The first-order valence-electron chi connectivity index (χ1n) is 2.81. The van der Waals surface area contributed by atoms with Crippen LogP contribution in [0.4, 0.5) is 0 Å². The van der Waals surface area contributed by atoms with Crippen LogP contribution in [0.3, 0.4) is 0 Å². The van der Waals surface area contributed by atoms with Gasteiger partial charge in [0.2, 0.25) is 0 Å². The average Bonchev–Trinajstić information content (AvgIpc) is 2.28. The molecular weight excluding hydrogens is 256 g/mol. The van der Waals surface area contributed by atoms with Crippen LogP contribution in [0.5, 0.6) is 0 Å². The molecule has 0 heterocycles. The molecule has 0 spiro atoms. The molecule has 1 aromatic carbocycles. The van der Waals surface area contributed by atoms with Crippen molar-refractivity contribution in [1.29, 1.82) is 0 Å². The summed E-state index contributed by atoms with van der Waals surface area (Å²) in [5, 5.41) is 0.794. The molecule has 5 heteroatoms. The fourth-order valence-corrected chi connectivity index (χ4v) is 0.560. The molecule has 0 fully saturated rings. The molecule has 3 nitrogen and oxygen atoms in total. The summed E-state index contributed by atoms with van der Waals surface area (Å²) >= 11 is 5.54. The molecule has 1 rings (SSSR count). The van der Waals surface area contributed by atoms with Gasteiger partial charge in [0.15, 0.2) is 0 Å². The van der Waals surface area contributed by atoms with Gasteiger partial charge >= 0.3 is 17.4 Å². The molecule has 0 bridgehead atoms. The molecule has 0 aromatic heterocycles. The van der Waals surface area contributed by atoms with Gasteiger partial charge in [-0.3, -0.25) is 20.4 Å². The number of hydrogen-bond acceptors (Lipinski definition) is 3. The summed E-state index contributed by atoms with van der Waals surface area (Å²) < 4.78 is 0. The van der Waals surface area contributed by atoms with E-state index in [2.05, 4.69) is 20.4 Å². The van der Waals surface area contributed by atoms with E-state index in [1.807, 2.05) is 30.3 Å².